The summed E-state index contributed by atoms with van der Waals surface area (Å²) >= 11 is 0. The van der Waals surface area contributed by atoms with Crippen LogP contribution in [0.3, 0.4) is 0 Å². The average Bonchev–Trinajstić information content (AvgIpc) is 1.58. The zero-order valence-corrected chi connectivity index (χ0v) is 61.1. The van der Waals surface area contributed by atoms with E-state index < -0.39 is 17.6 Å². The summed E-state index contributed by atoms with van der Waals surface area (Å²) in [5.41, 5.74) is 25.1. The average molecular weight is 1390 g/mol. The van der Waals surface area contributed by atoms with Crippen LogP contribution in [0.2, 0.25) is 26.2 Å². The Morgan fingerprint density at radius 2 is 0.632 bits per heavy atom. The molecule has 4 nitrogen and oxygen atoms in total. The monoisotopic (exact) mass is 1380 g/mol. The second-order valence-electron chi connectivity index (χ2n) is 25.5. The van der Waals surface area contributed by atoms with Crippen molar-refractivity contribution >= 4 is 72.8 Å². The van der Waals surface area contributed by atoms with Gasteiger partial charge in [-0.15, -0.1) is 56.9 Å². The molecule has 9 heteroatoms. The van der Waals surface area contributed by atoms with E-state index in [4.69, 9.17) is 17.7 Å². The molecule has 0 N–H and O–H groups in total. The van der Waals surface area contributed by atoms with Crippen LogP contribution in [-0.2, 0) is 26.2 Å². The molecule has 2 unspecified atom stereocenters. The number of allylic oxidation sites excluding steroid dienone is 2. The van der Waals surface area contributed by atoms with E-state index in [0.29, 0.717) is 0 Å². The van der Waals surface area contributed by atoms with Crippen LogP contribution in [0.15, 0.2) is 248 Å². The van der Waals surface area contributed by atoms with Gasteiger partial charge >= 0.3 is 26.2 Å². The summed E-state index contributed by atoms with van der Waals surface area (Å²) in [5.74, 6) is 7.18. The van der Waals surface area contributed by atoms with Crippen molar-refractivity contribution < 1.29 is 68.7 Å². The van der Waals surface area contributed by atoms with Gasteiger partial charge in [-0.25, -0.2) is 0 Å². The zero-order valence-electron chi connectivity index (χ0n) is 55.1. The number of halogens is 2. The molecule has 0 saturated heterocycles. The van der Waals surface area contributed by atoms with Crippen LogP contribution in [0.4, 0.5) is 0 Å². The molecule has 466 valence electrons. The molecular weight excluding hydrogens is 1320 g/mol. The molecule has 4 heterocycles. The third kappa shape index (κ3) is 11.9. The minimum atomic E-state index is -0.796. The fourth-order valence-electron chi connectivity index (χ4n) is 14.9. The minimum absolute atomic E-state index is 0. The standard InChI is InChI=1S/2C43H36O2Si.2ClH.Zr/c2*1-26-16-20-32-33(39(26)29-12-8-6-9-13-29)25-35(37-22-18-28(3)45-37)42(32)43-34(36-21-17-27(2)44-36)24-31-19-23-38(46(4)5)40(41(31)43)30-14-10-7-11-15-30;;;/h2*6-25,42H,1-5H3;2*1H;/q2*-1;;;+4/p-2. The summed E-state index contributed by atoms with van der Waals surface area (Å²) < 4.78 is 25.8. The first kappa shape index (κ1) is 66.5. The number of fused-ring (bicyclic) bond motifs is 4. The van der Waals surface area contributed by atoms with Crippen molar-refractivity contribution in [3.05, 3.63) is 310 Å². The predicted molar refractivity (Wildman–Crippen MR) is 389 cm³/mol. The Bertz CT molecular complexity index is 4860. The fourth-order valence-corrected chi connectivity index (χ4v) is 17.3. The number of rotatable bonds is 12. The molecule has 95 heavy (non-hydrogen) atoms. The summed E-state index contributed by atoms with van der Waals surface area (Å²) in [6.45, 7) is 22.1. The van der Waals surface area contributed by atoms with Gasteiger partial charge in [0.05, 0.1) is 40.6 Å². The van der Waals surface area contributed by atoms with Crippen LogP contribution in [0.1, 0.15) is 90.9 Å². The summed E-state index contributed by atoms with van der Waals surface area (Å²) in [6, 6.07) is 83.7. The van der Waals surface area contributed by atoms with Gasteiger partial charge in [-0.1, -0.05) is 217 Å². The maximum Gasteiger partial charge on any atom is 4.00 e. The molecule has 2 aliphatic carbocycles. The maximum atomic E-state index is 6.45. The third-order valence-corrected chi connectivity index (χ3v) is 22.0. The minimum Gasteiger partial charge on any atom is -1.00 e. The van der Waals surface area contributed by atoms with Gasteiger partial charge < -0.3 is 42.5 Å². The van der Waals surface area contributed by atoms with Crippen molar-refractivity contribution in [2.24, 2.45) is 0 Å². The van der Waals surface area contributed by atoms with Gasteiger partial charge in [0.15, 0.2) is 0 Å². The third-order valence-electron chi connectivity index (χ3n) is 19.0. The molecule has 0 spiro atoms. The molecule has 0 bridgehead atoms. The molecule has 0 amide bonds. The molecule has 0 fully saturated rings. The van der Waals surface area contributed by atoms with Crippen LogP contribution in [0, 0.1) is 41.5 Å². The number of aryl methyl sites for hydroxylation is 6. The largest absolute Gasteiger partial charge is 4.00 e. The van der Waals surface area contributed by atoms with Crippen LogP contribution >= 0.6 is 0 Å². The normalized spacial score (nSPS) is 13.9. The van der Waals surface area contributed by atoms with Crippen LogP contribution < -0.4 is 35.2 Å². The fraction of sp³-hybridized carbons (Fsp3) is 0.140. The summed E-state index contributed by atoms with van der Waals surface area (Å²) in [6.07, 6.45) is 4.79. The summed E-state index contributed by atoms with van der Waals surface area (Å²) in [4.78, 5) is 0. The zero-order chi connectivity index (χ0) is 63.1. The van der Waals surface area contributed by atoms with Crippen LogP contribution in [0.25, 0.3) is 112 Å². The molecular formula is C86H72Cl2O4Si2Zr. The molecule has 2 atom stereocenters. The van der Waals surface area contributed by atoms with Crippen molar-refractivity contribution in [1.29, 1.82) is 0 Å². The first-order valence-corrected chi connectivity index (χ1v) is 37.1. The quantitative estimate of drug-likeness (QED) is 0.0904. The SMILES string of the molecule is Cc1ccc(C2=Cc3c(ccc(C)c3-c3ccccc3)C2c2c(-c3ccc(C)o3)[cH-]c3ccc([Si](C)C)c(-c4ccccc4)c23)o1.Cc1ccc(C2=Cc3c(ccc(C)c3-c3ccccc3)C2c2c(-c3ccc(C)o3)[cH-]c3ccc([Si](C)C)c(-c4ccccc4)c23)o1.[Cl-].[Cl-].[Zr+4]. The Kier molecular flexibility index (Phi) is 19.1. The number of hydrogen-bond acceptors (Lipinski definition) is 4. The molecule has 14 aromatic rings. The van der Waals surface area contributed by atoms with Crippen molar-refractivity contribution in [2.75, 3.05) is 0 Å². The summed E-state index contributed by atoms with van der Waals surface area (Å²) in [5, 5.41) is 8.00. The second-order valence-corrected chi connectivity index (χ2v) is 30.6. The first-order valence-electron chi connectivity index (χ1n) is 32.1. The van der Waals surface area contributed by atoms with Gasteiger partial charge in [0.2, 0.25) is 0 Å². The number of hydrogen-bond donors (Lipinski definition) is 0. The van der Waals surface area contributed by atoms with E-state index in [1.54, 1.807) is 0 Å². The van der Waals surface area contributed by atoms with Gasteiger partial charge in [-0.05, 0) is 180 Å². The molecule has 0 saturated carbocycles. The Morgan fingerprint density at radius 1 is 0.326 bits per heavy atom. The molecule has 2 aliphatic rings. The van der Waals surface area contributed by atoms with E-state index >= 15 is 0 Å². The molecule has 16 rings (SSSR count). The number of benzene rings is 8. The van der Waals surface area contributed by atoms with E-state index in [9.17, 15) is 0 Å². The van der Waals surface area contributed by atoms with Crippen molar-refractivity contribution in [3.63, 3.8) is 0 Å². The molecule has 10 aromatic carbocycles. The Balaban J connectivity index is 0.000000176. The first-order chi connectivity index (χ1) is 44.8. The Hall–Kier alpha value is -8.52. The molecule has 4 aromatic heterocycles. The summed E-state index contributed by atoms with van der Waals surface area (Å²) in [7, 11) is -1.59. The smallest absolute Gasteiger partial charge is 1.00 e. The maximum absolute atomic E-state index is 6.45. The van der Waals surface area contributed by atoms with Crippen LogP contribution in [-0.4, -0.2) is 17.6 Å². The Morgan fingerprint density at radius 3 is 0.926 bits per heavy atom. The van der Waals surface area contributed by atoms with Gasteiger partial charge in [0.1, 0.15) is 23.0 Å². The van der Waals surface area contributed by atoms with Crippen molar-refractivity contribution in [1.82, 2.24) is 0 Å². The molecule has 0 aliphatic heterocycles. The van der Waals surface area contributed by atoms with Crippen molar-refractivity contribution in [3.8, 4) is 67.2 Å². The van der Waals surface area contributed by atoms with Gasteiger partial charge in [0.25, 0.3) is 0 Å². The van der Waals surface area contributed by atoms with Gasteiger partial charge in [-0.3, -0.25) is 0 Å². The van der Waals surface area contributed by atoms with E-state index in [-0.39, 0.29) is 62.9 Å². The Labute approximate surface area is 593 Å². The predicted octanol–water partition coefficient (Wildman–Crippen LogP) is 16.6. The van der Waals surface area contributed by atoms with E-state index in [1.807, 2.05) is 27.7 Å². The topological polar surface area (TPSA) is 52.6 Å². The van der Waals surface area contributed by atoms with Crippen molar-refractivity contribution in [2.45, 2.75) is 79.6 Å². The van der Waals surface area contributed by atoms with Gasteiger partial charge in [0, 0.05) is 11.8 Å². The number of furan rings is 4. The van der Waals surface area contributed by atoms with E-state index in [1.165, 1.54) is 132 Å². The second kappa shape index (κ2) is 27.3. The molecule has 2 radical (unpaired) electrons. The van der Waals surface area contributed by atoms with E-state index in [0.717, 1.165) is 57.2 Å². The van der Waals surface area contributed by atoms with E-state index in [2.05, 4.69) is 283 Å². The van der Waals surface area contributed by atoms with Crippen LogP contribution in [0.5, 0.6) is 0 Å². The van der Waals surface area contributed by atoms with Gasteiger partial charge in [-0.2, -0.15) is 0 Å².